The van der Waals surface area contributed by atoms with Crippen LogP contribution in [0.4, 0.5) is 0 Å². The van der Waals surface area contributed by atoms with E-state index in [1.807, 2.05) is 24.3 Å². The first-order valence-electron chi connectivity index (χ1n) is 6.77. The molecule has 0 saturated carbocycles. The highest BCUT2D eigenvalue weighted by Gasteiger charge is 2.24. The van der Waals surface area contributed by atoms with Crippen molar-refractivity contribution in [3.05, 3.63) is 46.4 Å². The van der Waals surface area contributed by atoms with Gasteiger partial charge in [0.05, 0.1) is 0 Å². The van der Waals surface area contributed by atoms with Gasteiger partial charge in [0, 0.05) is 21.2 Å². The lowest BCUT2D eigenvalue weighted by molar-refractivity contribution is 0.0873. The number of benzene rings is 2. The Morgan fingerprint density at radius 3 is 2.81 bits per heavy atom. The molecule has 0 aliphatic carbocycles. The largest absolute Gasteiger partial charge is 0.486 e. The molecule has 0 spiro atoms. The molecule has 3 rings (SSSR count). The summed E-state index contributed by atoms with van der Waals surface area (Å²) < 4.78 is 11.8. The topological polar surface area (TPSA) is 44.5 Å². The Bertz CT molecular complexity index is 661. The lowest BCUT2D eigenvalue weighted by atomic mass is 10.0. The predicted molar refractivity (Wildman–Crippen MR) is 85.5 cm³/mol. The van der Waals surface area contributed by atoms with Crippen molar-refractivity contribution in [2.75, 3.05) is 13.2 Å². The average Bonchev–Trinajstić information content (AvgIpc) is 2.49. The van der Waals surface area contributed by atoms with E-state index in [-0.39, 0.29) is 6.10 Å². The van der Waals surface area contributed by atoms with Gasteiger partial charge in [-0.1, -0.05) is 35.3 Å². The fourth-order valence-corrected chi connectivity index (χ4v) is 2.77. The van der Waals surface area contributed by atoms with Gasteiger partial charge in [0.15, 0.2) is 11.5 Å². The molecule has 2 aromatic carbocycles. The molecule has 0 saturated heterocycles. The van der Waals surface area contributed by atoms with Gasteiger partial charge in [-0.05, 0) is 37.2 Å². The SMILES string of the molecule is NCCC1COc2cccc(-c3cc(Cl)ccc3Cl)c2O1. The van der Waals surface area contributed by atoms with Crippen molar-refractivity contribution in [3.8, 4) is 22.6 Å². The van der Waals surface area contributed by atoms with Crippen molar-refractivity contribution in [1.82, 2.24) is 0 Å². The summed E-state index contributed by atoms with van der Waals surface area (Å²) in [6.07, 6.45) is 0.707. The maximum atomic E-state index is 6.30. The van der Waals surface area contributed by atoms with Crippen molar-refractivity contribution in [2.45, 2.75) is 12.5 Å². The molecule has 1 heterocycles. The summed E-state index contributed by atoms with van der Waals surface area (Å²) in [6, 6.07) is 11.1. The Labute approximate surface area is 133 Å². The molecule has 0 radical (unpaired) electrons. The zero-order valence-corrected chi connectivity index (χ0v) is 12.8. The monoisotopic (exact) mass is 323 g/mol. The fraction of sp³-hybridized carbons (Fsp3) is 0.250. The van der Waals surface area contributed by atoms with Gasteiger partial charge >= 0.3 is 0 Å². The van der Waals surface area contributed by atoms with Crippen molar-refractivity contribution in [3.63, 3.8) is 0 Å². The summed E-state index contributed by atoms with van der Waals surface area (Å²) in [5, 5.41) is 1.25. The quantitative estimate of drug-likeness (QED) is 0.922. The number of rotatable bonds is 3. The zero-order chi connectivity index (χ0) is 14.8. The third-order valence-corrected chi connectivity index (χ3v) is 3.96. The van der Waals surface area contributed by atoms with Crippen LogP contribution in [0.15, 0.2) is 36.4 Å². The number of halogens is 2. The summed E-state index contributed by atoms with van der Waals surface area (Å²) in [7, 11) is 0. The molecule has 0 aromatic heterocycles. The highest BCUT2D eigenvalue weighted by molar-refractivity contribution is 6.35. The van der Waals surface area contributed by atoms with E-state index in [4.69, 9.17) is 38.4 Å². The van der Waals surface area contributed by atoms with Crippen LogP contribution in [0.5, 0.6) is 11.5 Å². The van der Waals surface area contributed by atoms with Gasteiger partial charge in [0.25, 0.3) is 0 Å². The Balaban J connectivity index is 2.06. The molecule has 2 aromatic rings. The normalized spacial score (nSPS) is 16.8. The van der Waals surface area contributed by atoms with Gasteiger partial charge < -0.3 is 15.2 Å². The van der Waals surface area contributed by atoms with Crippen LogP contribution in [0.1, 0.15) is 6.42 Å². The van der Waals surface area contributed by atoms with Crippen LogP contribution in [0.2, 0.25) is 10.0 Å². The highest BCUT2D eigenvalue weighted by atomic mass is 35.5. The predicted octanol–water partition coefficient (Wildman–Crippen LogP) is 4.15. The molecule has 1 aliphatic heterocycles. The van der Waals surface area contributed by atoms with Gasteiger partial charge in [-0.25, -0.2) is 0 Å². The van der Waals surface area contributed by atoms with E-state index in [1.165, 1.54) is 0 Å². The molecular formula is C16H15Cl2NO2. The Morgan fingerprint density at radius 1 is 1.14 bits per heavy atom. The number of para-hydroxylation sites is 1. The summed E-state index contributed by atoms with van der Waals surface area (Å²) in [4.78, 5) is 0. The van der Waals surface area contributed by atoms with Crippen LogP contribution in [-0.4, -0.2) is 19.3 Å². The number of fused-ring (bicyclic) bond motifs is 1. The smallest absolute Gasteiger partial charge is 0.169 e. The first-order valence-corrected chi connectivity index (χ1v) is 7.52. The standard InChI is InChI=1S/C16H15Cl2NO2/c17-10-4-5-14(18)13(8-10)12-2-1-3-15-16(12)21-11(6-7-19)9-20-15/h1-5,8,11H,6-7,9,19H2. The molecule has 110 valence electrons. The van der Waals surface area contributed by atoms with E-state index in [9.17, 15) is 0 Å². The van der Waals surface area contributed by atoms with Gasteiger partial charge in [-0.3, -0.25) is 0 Å². The molecule has 1 unspecified atom stereocenters. The summed E-state index contributed by atoms with van der Waals surface area (Å²) in [5.41, 5.74) is 7.31. The first kappa shape index (κ1) is 14.5. The minimum Gasteiger partial charge on any atom is -0.486 e. The third kappa shape index (κ3) is 2.95. The molecule has 0 amide bonds. The molecule has 0 fully saturated rings. The van der Waals surface area contributed by atoms with E-state index in [0.29, 0.717) is 28.9 Å². The maximum Gasteiger partial charge on any atom is 0.169 e. The average molecular weight is 324 g/mol. The Morgan fingerprint density at radius 2 is 2.00 bits per heavy atom. The first-order chi connectivity index (χ1) is 10.2. The summed E-state index contributed by atoms with van der Waals surface area (Å²) >= 11 is 12.4. The van der Waals surface area contributed by atoms with Gasteiger partial charge in [0.2, 0.25) is 0 Å². The van der Waals surface area contributed by atoms with E-state index < -0.39 is 0 Å². The molecule has 2 N–H and O–H groups in total. The Kier molecular flexibility index (Phi) is 4.24. The van der Waals surface area contributed by atoms with Crippen LogP contribution < -0.4 is 15.2 Å². The fourth-order valence-electron chi connectivity index (χ4n) is 2.38. The van der Waals surface area contributed by atoms with Crippen molar-refractivity contribution >= 4 is 23.2 Å². The summed E-state index contributed by atoms with van der Waals surface area (Å²) in [5.74, 6) is 1.42. The number of ether oxygens (including phenoxy) is 2. The van der Waals surface area contributed by atoms with Crippen LogP contribution >= 0.6 is 23.2 Å². The van der Waals surface area contributed by atoms with Gasteiger partial charge in [-0.2, -0.15) is 0 Å². The van der Waals surface area contributed by atoms with E-state index in [0.717, 1.165) is 23.3 Å². The molecule has 5 heteroatoms. The van der Waals surface area contributed by atoms with Gasteiger partial charge in [-0.15, -0.1) is 0 Å². The van der Waals surface area contributed by atoms with Crippen LogP contribution in [0, 0.1) is 0 Å². The van der Waals surface area contributed by atoms with E-state index in [1.54, 1.807) is 12.1 Å². The molecule has 1 atom stereocenters. The second-order valence-electron chi connectivity index (χ2n) is 4.89. The van der Waals surface area contributed by atoms with E-state index in [2.05, 4.69) is 0 Å². The molecule has 0 bridgehead atoms. The van der Waals surface area contributed by atoms with Crippen LogP contribution in [-0.2, 0) is 0 Å². The summed E-state index contributed by atoms with van der Waals surface area (Å²) in [6.45, 7) is 1.07. The second-order valence-corrected chi connectivity index (χ2v) is 5.73. The molecule has 3 nitrogen and oxygen atoms in total. The number of hydrogen-bond acceptors (Lipinski definition) is 3. The van der Waals surface area contributed by atoms with Crippen molar-refractivity contribution in [1.29, 1.82) is 0 Å². The molecular weight excluding hydrogens is 309 g/mol. The van der Waals surface area contributed by atoms with Crippen molar-refractivity contribution < 1.29 is 9.47 Å². The Hall–Kier alpha value is -1.42. The van der Waals surface area contributed by atoms with Gasteiger partial charge in [0.1, 0.15) is 12.7 Å². The van der Waals surface area contributed by atoms with E-state index >= 15 is 0 Å². The van der Waals surface area contributed by atoms with Crippen LogP contribution in [0.3, 0.4) is 0 Å². The number of hydrogen-bond donors (Lipinski definition) is 1. The lowest BCUT2D eigenvalue weighted by Crippen LogP contribution is -2.31. The minimum absolute atomic E-state index is 0.0402. The third-order valence-electron chi connectivity index (χ3n) is 3.40. The maximum absolute atomic E-state index is 6.30. The molecule has 21 heavy (non-hydrogen) atoms. The van der Waals surface area contributed by atoms with Crippen LogP contribution in [0.25, 0.3) is 11.1 Å². The lowest BCUT2D eigenvalue weighted by Gasteiger charge is -2.28. The minimum atomic E-state index is -0.0402. The second kappa shape index (κ2) is 6.14. The molecule has 1 aliphatic rings. The highest BCUT2D eigenvalue weighted by Crippen LogP contribution is 2.43. The van der Waals surface area contributed by atoms with Crippen molar-refractivity contribution in [2.24, 2.45) is 5.73 Å². The zero-order valence-electron chi connectivity index (χ0n) is 11.3. The number of nitrogens with two attached hydrogens (primary N) is 1.